The number of aliphatic hydroxyl groups is 1. The van der Waals surface area contributed by atoms with Gasteiger partial charge in [-0.05, 0) is 35.0 Å². The lowest BCUT2D eigenvalue weighted by molar-refractivity contribution is 0.274. The lowest BCUT2D eigenvalue weighted by Gasteiger charge is -2.08. The number of hydrogen-bond donors (Lipinski definition) is 1. The Kier molecular flexibility index (Phi) is 3.68. The van der Waals surface area contributed by atoms with Crippen LogP contribution in [0.3, 0.4) is 0 Å². The van der Waals surface area contributed by atoms with Gasteiger partial charge in [-0.2, -0.15) is 5.10 Å². The Hall–Kier alpha value is -1.40. The molecule has 0 saturated heterocycles. The van der Waals surface area contributed by atoms with Crippen molar-refractivity contribution < 1.29 is 14.2 Å². The molecule has 0 fully saturated rings. The summed E-state index contributed by atoms with van der Waals surface area (Å²) in [6, 6.07) is 4.47. The topological polar surface area (TPSA) is 47.3 Å². The van der Waals surface area contributed by atoms with Crippen LogP contribution in [-0.4, -0.2) is 14.9 Å². The predicted octanol–water partition coefficient (Wildman–Crippen LogP) is 2.91. The fourth-order valence-electron chi connectivity index (χ4n) is 1.64. The molecule has 2 aromatic rings. The summed E-state index contributed by atoms with van der Waals surface area (Å²) in [6.07, 6.45) is 0. The molecule has 0 aliphatic heterocycles. The van der Waals surface area contributed by atoms with E-state index in [0.717, 1.165) is 0 Å². The Morgan fingerprint density at radius 1 is 1.50 bits per heavy atom. The average molecular weight is 315 g/mol. The maximum atomic E-state index is 13.4. The second-order valence-corrected chi connectivity index (χ2v) is 4.68. The van der Waals surface area contributed by atoms with Crippen LogP contribution in [-0.2, 0) is 13.7 Å². The van der Waals surface area contributed by atoms with Gasteiger partial charge in [0, 0.05) is 13.1 Å². The Morgan fingerprint density at radius 3 is 2.83 bits per heavy atom. The zero-order chi connectivity index (χ0) is 13.3. The van der Waals surface area contributed by atoms with Gasteiger partial charge in [0.05, 0.1) is 22.3 Å². The maximum Gasteiger partial charge on any atom is 0.223 e. The number of rotatable bonds is 3. The first-order valence-corrected chi connectivity index (χ1v) is 6.08. The third-order valence-electron chi connectivity index (χ3n) is 2.55. The molecule has 1 aromatic carbocycles. The molecule has 0 radical (unpaired) electrons. The highest BCUT2D eigenvalue weighted by atomic mass is 79.9. The van der Waals surface area contributed by atoms with Gasteiger partial charge in [-0.1, -0.05) is 0 Å². The van der Waals surface area contributed by atoms with Gasteiger partial charge in [0.15, 0.2) is 0 Å². The molecule has 0 spiro atoms. The molecule has 2 rings (SSSR count). The molecule has 0 aliphatic rings. The summed E-state index contributed by atoms with van der Waals surface area (Å²) in [5.74, 6) is 0.363. The lowest BCUT2D eigenvalue weighted by Crippen LogP contribution is -1.97. The van der Waals surface area contributed by atoms with E-state index in [4.69, 9.17) is 4.74 Å². The number of nitrogens with zero attached hydrogens (tertiary/aromatic N) is 2. The molecule has 0 bridgehead atoms. The monoisotopic (exact) mass is 314 g/mol. The maximum absolute atomic E-state index is 13.4. The normalized spacial score (nSPS) is 10.7. The SMILES string of the molecule is Cc1nn(C)c(Oc2ccc(Br)c(F)c2)c1CO. The minimum atomic E-state index is -0.406. The van der Waals surface area contributed by atoms with Crippen molar-refractivity contribution in [2.45, 2.75) is 13.5 Å². The Labute approximate surface area is 112 Å². The number of benzene rings is 1. The van der Waals surface area contributed by atoms with Gasteiger partial charge in [-0.25, -0.2) is 9.07 Å². The molecule has 4 nitrogen and oxygen atoms in total. The fraction of sp³-hybridized carbons (Fsp3) is 0.250. The number of halogens is 2. The molecule has 0 atom stereocenters. The van der Waals surface area contributed by atoms with Crippen molar-refractivity contribution in [2.24, 2.45) is 7.05 Å². The summed E-state index contributed by atoms with van der Waals surface area (Å²) in [5.41, 5.74) is 1.29. The van der Waals surface area contributed by atoms with Crippen LogP contribution >= 0.6 is 15.9 Å². The summed E-state index contributed by atoms with van der Waals surface area (Å²) in [4.78, 5) is 0. The lowest BCUT2D eigenvalue weighted by atomic mass is 10.2. The van der Waals surface area contributed by atoms with Gasteiger partial charge in [-0.15, -0.1) is 0 Å². The van der Waals surface area contributed by atoms with Gasteiger partial charge in [0.1, 0.15) is 11.6 Å². The molecule has 0 unspecified atom stereocenters. The van der Waals surface area contributed by atoms with Crippen molar-refractivity contribution in [3.05, 3.63) is 39.7 Å². The van der Waals surface area contributed by atoms with Crippen molar-refractivity contribution in [3.63, 3.8) is 0 Å². The van der Waals surface area contributed by atoms with Crippen molar-refractivity contribution in [3.8, 4) is 11.6 Å². The molecule has 0 amide bonds. The van der Waals surface area contributed by atoms with Crippen molar-refractivity contribution >= 4 is 15.9 Å². The van der Waals surface area contributed by atoms with Crippen LogP contribution in [0.15, 0.2) is 22.7 Å². The van der Waals surface area contributed by atoms with E-state index in [-0.39, 0.29) is 6.61 Å². The Balaban J connectivity index is 2.36. The summed E-state index contributed by atoms with van der Waals surface area (Å²) >= 11 is 3.07. The molecule has 0 saturated carbocycles. The van der Waals surface area contributed by atoms with E-state index in [1.165, 1.54) is 10.7 Å². The zero-order valence-corrected chi connectivity index (χ0v) is 11.5. The molecule has 1 aromatic heterocycles. The van der Waals surface area contributed by atoms with Gasteiger partial charge in [0.2, 0.25) is 5.88 Å². The number of aliphatic hydroxyl groups excluding tert-OH is 1. The van der Waals surface area contributed by atoms with Crippen LogP contribution in [0, 0.1) is 12.7 Å². The molecule has 18 heavy (non-hydrogen) atoms. The van der Waals surface area contributed by atoms with Crippen molar-refractivity contribution in [2.75, 3.05) is 0 Å². The molecule has 6 heteroatoms. The van der Waals surface area contributed by atoms with Crippen molar-refractivity contribution in [1.29, 1.82) is 0 Å². The third kappa shape index (κ3) is 2.39. The Morgan fingerprint density at radius 2 is 2.22 bits per heavy atom. The third-order valence-corrected chi connectivity index (χ3v) is 3.20. The summed E-state index contributed by atoms with van der Waals surface area (Å²) in [5, 5.41) is 13.4. The highest BCUT2D eigenvalue weighted by molar-refractivity contribution is 9.10. The summed E-state index contributed by atoms with van der Waals surface area (Å²) < 4.78 is 20.8. The zero-order valence-electron chi connectivity index (χ0n) is 9.94. The van der Waals surface area contributed by atoms with E-state index in [9.17, 15) is 9.50 Å². The van der Waals surface area contributed by atoms with Crippen LogP contribution in [0.2, 0.25) is 0 Å². The van der Waals surface area contributed by atoms with E-state index in [2.05, 4.69) is 21.0 Å². The smallest absolute Gasteiger partial charge is 0.223 e. The number of hydrogen-bond acceptors (Lipinski definition) is 3. The highest BCUT2D eigenvalue weighted by Crippen LogP contribution is 2.29. The quantitative estimate of drug-likeness (QED) is 0.947. The van der Waals surface area contributed by atoms with E-state index >= 15 is 0 Å². The second kappa shape index (κ2) is 5.07. The van der Waals surface area contributed by atoms with Crippen molar-refractivity contribution in [1.82, 2.24) is 9.78 Å². The molecule has 96 valence electrons. The fourth-order valence-corrected chi connectivity index (χ4v) is 1.89. The minimum absolute atomic E-state index is 0.173. The Bertz CT molecular complexity index is 584. The predicted molar refractivity (Wildman–Crippen MR) is 68.0 cm³/mol. The highest BCUT2D eigenvalue weighted by Gasteiger charge is 2.15. The van der Waals surface area contributed by atoms with Crippen LogP contribution in [0.25, 0.3) is 0 Å². The van der Waals surface area contributed by atoms with Crippen LogP contribution < -0.4 is 4.74 Å². The standard InChI is InChI=1S/C12H12BrFN2O2/c1-7-9(6-17)12(16(2)15-7)18-8-3-4-10(13)11(14)5-8/h3-5,17H,6H2,1-2H3. The molecular weight excluding hydrogens is 303 g/mol. The average Bonchev–Trinajstić information content (AvgIpc) is 2.58. The minimum Gasteiger partial charge on any atom is -0.439 e. The first-order valence-electron chi connectivity index (χ1n) is 5.29. The first-order chi connectivity index (χ1) is 8.52. The van der Waals surface area contributed by atoms with E-state index in [0.29, 0.717) is 27.4 Å². The van der Waals surface area contributed by atoms with Gasteiger partial charge < -0.3 is 9.84 Å². The largest absolute Gasteiger partial charge is 0.439 e. The summed E-state index contributed by atoms with van der Waals surface area (Å²) in [6.45, 7) is 1.61. The second-order valence-electron chi connectivity index (χ2n) is 3.83. The van der Waals surface area contributed by atoms with E-state index in [1.54, 1.807) is 26.1 Å². The number of aromatic nitrogens is 2. The van der Waals surface area contributed by atoms with Crippen LogP contribution in [0.4, 0.5) is 4.39 Å². The molecular formula is C12H12BrFN2O2. The summed E-state index contributed by atoms with van der Waals surface area (Å²) in [7, 11) is 1.71. The molecule has 1 heterocycles. The number of aryl methyl sites for hydroxylation is 2. The van der Waals surface area contributed by atoms with E-state index < -0.39 is 5.82 Å². The van der Waals surface area contributed by atoms with Crippen LogP contribution in [0.1, 0.15) is 11.3 Å². The van der Waals surface area contributed by atoms with Gasteiger partial charge in [-0.3, -0.25) is 0 Å². The van der Waals surface area contributed by atoms with Gasteiger partial charge >= 0.3 is 0 Å². The van der Waals surface area contributed by atoms with E-state index in [1.807, 2.05) is 0 Å². The molecule has 1 N–H and O–H groups in total. The number of ether oxygens (including phenoxy) is 1. The van der Waals surface area contributed by atoms with Gasteiger partial charge in [0.25, 0.3) is 0 Å². The molecule has 0 aliphatic carbocycles. The first kappa shape index (κ1) is 13.0. The van der Waals surface area contributed by atoms with Crippen LogP contribution in [0.5, 0.6) is 11.6 Å².